The number of sulfonamides is 1. The molecular formula is C16H22N4O3S2. The van der Waals surface area contributed by atoms with E-state index < -0.39 is 10.0 Å². The third kappa shape index (κ3) is 4.05. The Morgan fingerprint density at radius 2 is 1.92 bits per heavy atom. The first-order valence-corrected chi connectivity index (χ1v) is 10.2. The monoisotopic (exact) mass is 382 g/mol. The Hall–Kier alpha value is -1.84. The van der Waals surface area contributed by atoms with Gasteiger partial charge >= 0.3 is 0 Å². The van der Waals surface area contributed by atoms with Crippen molar-refractivity contribution < 1.29 is 13.2 Å². The lowest BCUT2D eigenvalue weighted by molar-refractivity contribution is -0.117. The summed E-state index contributed by atoms with van der Waals surface area (Å²) in [6.07, 6.45) is 1.93. The van der Waals surface area contributed by atoms with Gasteiger partial charge in [0.1, 0.15) is 11.4 Å². The lowest BCUT2D eigenvalue weighted by atomic mass is 10.3. The van der Waals surface area contributed by atoms with Gasteiger partial charge in [-0.3, -0.25) is 9.48 Å². The number of anilines is 1. The van der Waals surface area contributed by atoms with Crippen molar-refractivity contribution in [3.05, 3.63) is 35.7 Å². The second kappa shape index (κ2) is 7.59. The Morgan fingerprint density at radius 1 is 1.28 bits per heavy atom. The maximum Gasteiger partial charge on any atom is 0.246 e. The van der Waals surface area contributed by atoms with Gasteiger partial charge in [0.05, 0.1) is 17.1 Å². The molecule has 0 saturated heterocycles. The lowest BCUT2D eigenvalue weighted by Gasteiger charge is -2.12. The molecule has 0 atom stereocenters. The van der Waals surface area contributed by atoms with E-state index in [0.29, 0.717) is 11.4 Å². The SMILES string of the molecule is CSc1ccccc1NC(=O)Cn1nc(C)c(S(=O)(=O)N(C)C)c1C. The van der Waals surface area contributed by atoms with Gasteiger partial charge in [0.2, 0.25) is 15.9 Å². The number of para-hydroxylation sites is 1. The highest BCUT2D eigenvalue weighted by Gasteiger charge is 2.27. The fraction of sp³-hybridized carbons (Fsp3) is 0.375. The molecule has 0 radical (unpaired) electrons. The second-order valence-corrected chi connectivity index (χ2v) is 8.63. The summed E-state index contributed by atoms with van der Waals surface area (Å²) in [7, 11) is -0.668. The third-order valence-electron chi connectivity index (χ3n) is 3.73. The van der Waals surface area contributed by atoms with Crippen molar-refractivity contribution in [2.24, 2.45) is 0 Å². The number of amides is 1. The van der Waals surface area contributed by atoms with Gasteiger partial charge in [0.25, 0.3) is 0 Å². The number of carbonyl (C=O) groups excluding carboxylic acids is 1. The minimum Gasteiger partial charge on any atom is -0.323 e. The first-order valence-electron chi connectivity index (χ1n) is 7.58. The standard InChI is InChI=1S/C16H22N4O3S2/c1-11-16(25(22,23)19(3)4)12(2)20(18-11)10-15(21)17-13-8-6-7-9-14(13)24-5/h6-9H,10H2,1-5H3,(H,17,21). The summed E-state index contributed by atoms with van der Waals surface area (Å²) >= 11 is 1.54. The largest absolute Gasteiger partial charge is 0.323 e. The van der Waals surface area contributed by atoms with E-state index in [9.17, 15) is 13.2 Å². The molecule has 1 N–H and O–H groups in total. The highest BCUT2D eigenvalue weighted by Crippen LogP contribution is 2.25. The van der Waals surface area contributed by atoms with Crippen LogP contribution >= 0.6 is 11.8 Å². The van der Waals surface area contributed by atoms with Crippen LogP contribution in [-0.2, 0) is 21.4 Å². The summed E-state index contributed by atoms with van der Waals surface area (Å²) in [5.74, 6) is -0.263. The molecule has 136 valence electrons. The number of aryl methyl sites for hydroxylation is 1. The second-order valence-electron chi connectivity index (χ2n) is 5.69. The third-order valence-corrected chi connectivity index (χ3v) is 6.59. The Kier molecular flexibility index (Phi) is 5.91. The molecule has 0 spiro atoms. The molecule has 0 bridgehead atoms. The highest BCUT2D eigenvalue weighted by molar-refractivity contribution is 7.98. The molecule has 1 heterocycles. The maximum absolute atomic E-state index is 12.4. The van der Waals surface area contributed by atoms with E-state index in [1.54, 1.807) is 13.8 Å². The number of nitrogens with zero attached hydrogens (tertiary/aromatic N) is 3. The average Bonchev–Trinajstić information content (AvgIpc) is 2.81. The van der Waals surface area contributed by atoms with Crippen LogP contribution < -0.4 is 5.32 Å². The molecule has 0 unspecified atom stereocenters. The first kappa shape index (κ1) is 19.5. The molecule has 0 aliphatic heterocycles. The molecule has 0 aliphatic carbocycles. The first-order chi connectivity index (χ1) is 11.7. The zero-order valence-electron chi connectivity index (χ0n) is 14.9. The summed E-state index contributed by atoms with van der Waals surface area (Å²) in [4.78, 5) is 13.5. The average molecular weight is 383 g/mol. The highest BCUT2D eigenvalue weighted by atomic mass is 32.2. The van der Waals surface area contributed by atoms with E-state index in [1.165, 1.54) is 30.5 Å². The Balaban J connectivity index is 2.26. The number of hydrogen-bond acceptors (Lipinski definition) is 5. The van der Waals surface area contributed by atoms with Gasteiger partial charge in [0, 0.05) is 19.0 Å². The van der Waals surface area contributed by atoms with Gasteiger partial charge in [-0.25, -0.2) is 12.7 Å². The predicted molar refractivity (Wildman–Crippen MR) is 99.4 cm³/mol. The summed E-state index contributed by atoms with van der Waals surface area (Å²) in [6.45, 7) is 3.22. The molecule has 0 saturated carbocycles. The number of aromatic nitrogens is 2. The Morgan fingerprint density at radius 3 is 2.52 bits per heavy atom. The van der Waals surface area contributed by atoms with E-state index in [-0.39, 0.29) is 17.3 Å². The number of rotatable bonds is 6. The quantitative estimate of drug-likeness (QED) is 0.774. The molecule has 1 aromatic heterocycles. The van der Waals surface area contributed by atoms with Crippen molar-refractivity contribution in [1.82, 2.24) is 14.1 Å². The fourth-order valence-electron chi connectivity index (χ4n) is 2.46. The van der Waals surface area contributed by atoms with Crippen LogP contribution in [0.25, 0.3) is 0 Å². The maximum atomic E-state index is 12.4. The van der Waals surface area contributed by atoms with Crippen LogP contribution in [0.2, 0.25) is 0 Å². The minimum absolute atomic E-state index is 0.0572. The van der Waals surface area contributed by atoms with Gasteiger partial charge in [-0.1, -0.05) is 12.1 Å². The van der Waals surface area contributed by atoms with Crippen LogP contribution in [0, 0.1) is 13.8 Å². The lowest BCUT2D eigenvalue weighted by Crippen LogP contribution is -2.24. The predicted octanol–water partition coefficient (Wildman–Crippen LogP) is 2.11. The number of nitrogens with one attached hydrogen (secondary N) is 1. The van der Waals surface area contributed by atoms with Gasteiger partial charge < -0.3 is 5.32 Å². The number of thioether (sulfide) groups is 1. The van der Waals surface area contributed by atoms with E-state index in [4.69, 9.17) is 0 Å². The Bertz CT molecular complexity index is 889. The molecule has 0 fully saturated rings. The molecule has 1 aromatic carbocycles. The van der Waals surface area contributed by atoms with Crippen molar-refractivity contribution in [2.45, 2.75) is 30.2 Å². The van der Waals surface area contributed by atoms with Crippen LogP contribution in [0.15, 0.2) is 34.1 Å². The zero-order chi connectivity index (χ0) is 18.8. The summed E-state index contributed by atoms with van der Waals surface area (Å²) in [5.41, 5.74) is 1.55. The minimum atomic E-state index is -3.61. The van der Waals surface area contributed by atoms with Crippen molar-refractivity contribution in [3.63, 3.8) is 0 Å². The molecular weight excluding hydrogens is 360 g/mol. The van der Waals surface area contributed by atoms with Crippen LogP contribution in [0.4, 0.5) is 5.69 Å². The summed E-state index contributed by atoms with van der Waals surface area (Å²) < 4.78 is 27.4. The van der Waals surface area contributed by atoms with Crippen LogP contribution in [0.5, 0.6) is 0 Å². The van der Waals surface area contributed by atoms with E-state index in [0.717, 1.165) is 14.9 Å². The molecule has 0 aliphatic rings. The van der Waals surface area contributed by atoms with Crippen molar-refractivity contribution >= 4 is 33.4 Å². The van der Waals surface area contributed by atoms with Gasteiger partial charge in [-0.15, -0.1) is 11.8 Å². The molecule has 7 nitrogen and oxygen atoms in total. The molecule has 25 heavy (non-hydrogen) atoms. The summed E-state index contributed by atoms with van der Waals surface area (Å²) in [6, 6.07) is 7.50. The topological polar surface area (TPSA) is 84.3 Å². The van der Waals surface area contributed by atoms with E-state index in [2.05, 4.69) is 10.4 Å². The molecule has 2 aromatic rings. The zero-order valence-corrected chi connectivity index (χ0v) is 16.5. The smallest absolute Gasteiger partial charge is 0.246 e. The van der Waals surface area contributed by atoms with Crippen molar-refractivity contribution in [1.29, 1.82) is 0 Å². The van der Waals surface area contributed by atoms with Crippen LogP contribution in [0.1, 0.15) is 11.4 Å². The van der Waals surface area contributed by atoms with Crippen molar-refractivity contribution in [2.75, 3.05) is 25.7 Å². The Labute approximate surface area is 152 Å². The van der Waals surface area contributed by atoms with Gasteiger partial charge in [-0.2, -0.15) is 5.10 Å². The number of carbonyl (C=O) groups is 1. The number of benzene rings is 1. The van der Waals surface area contributed by atoms with Crippen molar-refractivity contribution in [3.8, 4) is 0 Å². The van der Waals surface area contributed by atoms with E-state index in [1.807, 2.05) is 30.5 Å². The normalized spacial score (nSPS) is 11.8. The van der Waals surface area contributed by atoms with Gasteiger partial charge in [-0.05, 0) is 32.2 Å². The molecule has 9 heteroatoms. The fourth-order valence-corrected chi connectivity index (χ4v) is 4.28. The van der Waals surface area contributed by atoms with Gasteiger partial charge in [0.15, 0.2) is 0 Å². The van der Waals surface area contributed by atoms with E-state index >= 15 is 0 Å². The molecule has 2 rings (SSSR count). The number of hydrogen-bond donors (Lipinski definition) is 1. The summed E-state index contributed by atoms with van der Waals surface area (Å²) in [5, 5.41) is 7.07. The van der Waals surface area contributed by atoms with Crippen LogP contribution in [0.3, 0.4) is 0 Å². The van der Waals surface area contributed by atoms with Crippen LogP contribution in [-0.4, -0.2) is 48.8 Å². The molecule has 1 amide bonds.